The predicted molar refractivity (Wildman–Crippen MR) is 157 cm³/mol. The highest BCUT2D eigenvalue weighted by atomic mass is 32.2. The molecule has 0 unspecified atom stereocenters. The fourth-order valence-corrected chi connectivity index (χ4v) is 11.2. The normalized spacial score (nSPS) is 14.4. The molecular formula is C28H35N3O3S2Si. The summed E-state index contributed by atoms with van der Waals surface area (Å²) in [5.74, 6) is -0.108. The van der Waals surface area contributed by atoms with Gasteiger partial charge in [0, 0.05) is 44.2 Å². The van der Waals surface area contributed by atoms with E-state index in [2.05, 4.69) is 79.2 Å². The number of thiazole rings is 1. The van der Waals surface area contributed by atoms with E-state index < -0.39 is 8.32 Å². The molecule has 1 aromatic heterocycles. The first-order valence-electron chi connectivity index (χ1n) is 12.5. The number of rotatable bonds is 9. The number of hydrogen-bond acceptors (Lipinski definition) is 7. The smallest absolute Gasteiger partial charge is 0.273 e. The molecule has 1 saturated heterocycles. The van der Waals surface area contributed by atoms with Gasteiger partial charge in [-0.3, -0.25) is 9.59 Å². The molecule has 0 N–H and O–H groups in total. The molecule has 9 heteroatoms. The second kappa shape index (κ2) is 11.5. The van der Waals surface area contributed by atoms with Gasteiger partial charge in [-0.2, -0.15) is 0 Å². The van der Waals surface area contributed by atoms with Crippen molar-refractivity contribution in [3.63, 3.8) is 0 Å². The summed E-state index contributed by atoms with van der Waals surface area (Å²) in [5, 5.41) is 5.44. The van der Waals surface area contributed by atoms with Gasteiger partial charge < -0.3 is 14.2 Å². The average Bonchev–Trinajstić information content (AvgIpc) is 3.33. The highest BCUT2D eigenvalue weighted by Crippen LogP contribution is 2.36. The lowest BCUT2D eigenvalue weighted by Crippen LogP contribution is -2.67. The summed E-state index contributed by atoms with van der Waals surface area (Å²) >= 11 is 2.85. The van der Waals surface area contributed by atoms with E-state index in [4.69, 9.17) is 4.43 Å². The molecule has 37 heavy (non-hydrogen) atoms. The van der Waals surface area contributed by atoms with Crippen LogP contribution in [0.1, 0.15) is 38.2 Å². The van der Waals surface area contributed by atoms with Gasteiger partial charge in [-0.15, -0.1) is 11.3 Å². The molecule has 2 aromatic carbocycles. The molecule has 0 atom stereocenters. The first kappa shape index (κ1) is 27.6. The number of aromatic nitrogens is 1. The number of carbonyl (C=O) groups excluding carboxylic acids is 2. The Kier molecular flexibility index (Phi) is 8.58. The molecule has 6 nitrogen and oxygen atoms in total. The van der Waals surface area contributed by atoms with Crippen LogP contribution < -0.4 is 15.3 Å². The summed E-state index contributed by atoms with van der Waals surface area (Å²) in [6, 6.07) is 21.1. The molecule has 0 aliphatic carbocycles. The molecule has 2 heterocycles. The molecule has 1 aliphatic heterocycles. The summed E-state index contributed by atoms with van der Waals surface area (Å²) < 4.78 is 6.93. The van der Waals surface area contributed by atoms with Crippen molar-refractivity contribution in [1.82, 2.24) is 9.88 Å². The molecule has 3 aromatic rings. The highest BCUT2D eigenvalue weighted by Gasteiger charge is 2.50. The van der Waals surface area contributed by atoms with Crippen molar-refractivity contribution >= 4 is 57.9 Å². The largest absolute Gasteiger partial charge is 0.406 e. The van der Waals surface area contributed by atoms with E-state index in [1.54, 1.807) is 18.9 Å². The van der Waals surface area contributed by atoms with Gasteiger partial charge in [-0.05, 0) is 15.4 Å². The van der Waals surface area contributed by atoms with Gasteiger partial charge in [0.15, 0.2) is 10.2 Å². The van der Waals surface area contributed by atoms with Gasteiger partial charge in [0.25, 0.3) is 14.2 Å². The maximum absolute atomic E-state index is 13.1. The Labute approximate surface area is 229 Å². The van der Waals surface area contributed by atoms with Gasteiger partial charge in [-0.1, -0.05) is 93.2 Å². The number of carbonyl (C=O) groups is 2. The van der Waals surface area contributed by atoms with Crippen molar-refractivity contribution in [2.24, 2.45) is 0 Å². The molecule has 1 amide bonds. The third-order valence-corrected chi connectivity index (χ3v) is 13.6. The SMILES string of the molecule is CC(=O)SC1CN(c2nc(C(=O)N(C)CCO[Si](c3ccccc3)(c3ccccc3)C(C)(C)C)cs2)C1. The number of anilines is 1. The minimum Gasteiger partial charge on any atom is -0.406 e. The van der Waals surface area contributed by atoms with E-state index >= 15 is 0 Å². The van der Waals surface area contributed by atoms with Crippen molar-refractivity contribution in [3.05, 3.63) is 71.7 Å². The Morgan fingerprint density at radius 3 is 2.16 bits per heavy atom. The van der Waals surface area contributed by atoms with Crippen LogP contribution in [0.2, 0.25) is 5.04 Å². The first-order chi connectivity index (χ1) is 17.6. The summed E-state index contributed by atoms with van der Waals surface area (Å²) in [5.41, 5.74) is 0.454. The minimum atomic E-state index is -2.64. The van der Waals surface area contributed by atoms with Crippen LogP contribution in [0.5, 0.6) is 0 Å². The lowest BCUT2D eigenvalue weighted by molar-refractivity contribution is -0.109. The Morgan fingerprint density at radius 1 is 1.08 bits per heavy atom. The second-order valence-electron chi connectivity index (χ2n) is 10.4. The number of amides is 1. The van der Waals surface area contributed by atoms with E-state index in [0.29, 0.717) is 24.1 Å². The van der Waals surface area contributed by atoms with Crippen LogP contribution in [-0.4, -0.2) is 67.8 Å². The van der Waals surface area contributed by atoms with Crippen LogP contribution in [-0.2, 0) is 9.22 Å². The number of benzene rings is 2. The highest BCUT2D eigenvalue weighted by molar-refractivity contribution is 8.14. The monoisotopic (exact) mass is 553 g/mol. The van der Waals surface area contributed by atoms with Crippen LogP contribution >= 0.6 is 23.1 Å². The zero-order valence-electron chi connectivity index (χ0n) is 22.1. The maximum atomic E-state index is 13.1. The molecule has 4 rings (SSSR count). The number of hydrogen-bond donors (Lipinski definition) is 0. The standard InChI is InChI=1S/C28H35N3O3S2Si/c1-21(32)36-22-18-31(19-22)27-29-25(20-35-27)26(33)30(5)16-17-34-37(28(2,3)4,23-12-8-6-9-13-23)24-14-10-7-11-15-24/h6-15,20,22H,16-19H2,1-5H3. The van der Waals surface area contributed by atoms with E-state index in [1.165, 1.54) is 33.5 Å². The molecule has 0 spiro atoms. The topological polar surface area (TPSA) is 62.7 Å². The lowest BCUT2D eigenvalue weighted by Gasteiger charge is -2.43. The van der Waals surface area contributed by atoms with Gasteiger partial charge in [-0.25, -0.2) is 4.98 Å². The Hall–Kier alpha value is -2.46. The Balaban J connectivity index is 1.44. The number of likely N-dealkylation sites (N-methyl/N-ethyl adjacent to an activating group) is 1. The third kappa shape index (κ3) is 6.00. The van der Waals surface area contributed by atoms with Crippen molar-refractivity contribution in [2.45, 2.75) is 38.0 Å². The average molecular weight is 554 g/mol. The molecule has 196 valence electrons. The third-order valence-electron chi connectivity index (χ3n) is 6.67. The zero-order chi connectivity index (χ0) is 26.6. The molecular weight excluding hydrogens is 519 g/mol. The van der Waals surface area contributed by atoms with Crippen LogP contribution in [0.25, 0.3) is 0 Å². The Bertz CT molecular complexity index is 1170. The first-order valence-corrected chi connectivity index (χ1v) is 16.2. The van der Waals surface area contributed by atoms with Crippen molar-refractivity contribution in [1.29, 1.82) is 0 Å². The lowest BCUT2D eigenvalue weighted by atomic mass is 10.2. The molecule has 1 aliphatic rings. The summed E-state index contributed by atoms with van der Waals surface area (Å²) in [4.78, 5) is 32.8. The fraction of sp³-hybridized carbons (Fsp3) is 0.393. The second-order valence-corrected chi connectivity index (χ2v) is 17.0. The van der Waals surface area contributed by atoms with Crippen molar-refractivity contribution < 1.29 is 14.0 Å². The zero-order valence-corrected chi connectivity index (χ0v) is 24.8. The van der Waals surface area contributed by atoms with Gasteiger partial charge >= 0.3 is 0 Å². The van der Waals surface area contributed by atoms with E-state index in [0.717, 1.165) is 18.2 Å². The van der Waals surface area contributed by atoms with Crippen LogP contribution in [0, 0.1) is 0 Å². The number of nitrogens with zero attached hydrogens (tertiary/aromatic N) is 3. The minimum absolute atomic E-state index is 0.108. The molecule has 0 saturated carbocycles. The molecule has 0 radical (unpaired) electrons. The van der Waals surface area contributed by atoms with E-state index in [-0.39, 0.29) is 16.1 Å². The van der Waals surface area contributed by atoms with Gasteiger partial charge in [0.2, 0.25) is 0 Å². The maximum Gasteiger partial charge on any atom is 0.273 e. The van der Waals surface area contributed by atoms with Crippen molar-refractivity contribution in [2.75, 3.05) is 38.2 Å². The summed E-state index contributed by atoms with van der Waals surface area (Å²) in [7, 11) is -0.836. The van der Waals surface area contributed by atoms with Crippen molar-refractivity contribution in [3.8, 4) is 0 Å². The van der Waals surface area contributed by atoms with Crippen LogP contribution in [0.15, 0.2) is 66.0 Å². The fourth-order valence-electron chi connectivity index (χ4n) is 4.81. The summed E-state index contributed by atoms with van der Waals surface area (Å²) in [6.07, 6.45) is 0. The quantitative estimate of drug-likeness (QED) is 0.369. The molecule has 0 bridgehead atoms. The van der Waals surface area contributed by atoms with Gasteiger partial charge in [0.1, 0.15) is 5.69 Å². The Morgan fingerprint density at radius 2 is 1.65 bits per heavy atom. The van der Waals surface area contributed by atoms with Crippen LogP contribution in [0.3, 0.4) is 0 Å². The number of thioether (sulfide) groups is 1. The van der Waals surface area contributed by atoms with Gasteiger partial charge in [0.05, 0.1) is 6.61 Å². The van der Waals surface area contributed by atoms with E-state index in [1.807, 2.05) is 17.5 Å². The predicted octanol–water partition coefficient (Wildman–Crippen LogP) is 4.26. The summed E-state index contributed by atoms with van der Waals surface area (Å²) in [6.45, 7) is 10.8. The van der Waals surface area contributed by atoms with E-state index in [9.17, 15) is 9.59 Å². The van der Waals surface area contributed by atoms with Crippen LogP contribution in [0.4, 0.5) is 5.13 Å². The molecule has 1 fully saturated rings.